The quantitative estimate of drug-likeness (QED) is 0.831. The third-order valence-electron chi connectivity index (χ3n) is 3.18. The summed E-state index contributed by atoms with van der Waals surface area (Å²) < 4.78 is 0. The van der Waals surface area contributed by atoms with Gasteiger partial charge in [0.1, 0.15) is 17.6 Å². The Bertz CT molecular complexity index is 617. The monoisotopic (exact) mass is 310 g/mol. The predicted octanol–water partition coefficient (Wildman–Crippen LogP) is 0.740. The summed E-state index contributed by atoms with van der Waals surface area (Å²) in [7, 11) is 1.38. The Morgan fingerprint density at radius 2 is 2.14 bits per heavy atom. The SMILES string of the molecule is CC(C)c1ncc(Cl)c(C(=O)NC2CC(=O)N(C)C2=O)n1. The van der Waals surface area contributed by atoms with Crippen molar-refractivity contribution < 1.29 is 14.4 Å². The zero-order valence-electron chi connectivity index (χ0n) is 11.9. The number of hydrogen-bond donors (Lipinski definition) is 1. The minimum atomic E-state index is -0.872. The lowest BCUT2D eigenvalue weighted by molar-refractivity contribution is -0.137. The Hall–Kier alpha value is -2.02. The normalized spacial score (nSPS) is 18.5. The number of carbonyl (C=O) groups is 3. The van der Waals surface area contributed by atoms with Crippen LogP contribution in [0.3, 0.4) is 0 Å². The van der Waals surface area contributed by atoms with Gasteiger partial charge in [0.15, 0.2) is 0 Å². The number of imide groups is 1. The van der Waals surface area contributed by atoms with Crippen molar-refractivity contribution in [3.05, 3.63) is 22.7 Å². The van der Waals surface area contributed by atoms with Crippen LogP contribution in [0.25, 0.3) is 0 Å². The van der Waals surface area contributed by atoms with E-state index < -0.39 is 17.9 Å². The number of likely N-dealkylation sites (N-methyl/N-ethyl adjacent to an activating group) is 1. The second-order valence-electron chi connectivity index (χ2n) is 5.10. The van der Waals surface area contributed by atoms with Gasteiger partial charge in [0, 0.05) is 13.0 Å². The Kier molecular flexibility index (Phi) is 4.22. The van der Waals surface area contributed by atoms with Gasteiger partial charge >= 0.3 is 0 Å². The highest BCUT2D eigenvalue weighted by molar-refractivity contribution is 6.33. The number of likely N-dealkylation sites (tertiary alicyclic amines) is 1. The van der Waals surface area contributed by atoms with E-state index in [1.807, 2.05) is 13.8 Å². The van der Waals surface area contributed by atoms with Crippen LogP contribution in [0.1, 0.15) is 42.5 Å². The molecule has 2 heterocycles. The second kappa shape index (κ2) is 5.77. The minimum absolute atomic E-state index is 0.00479. The topological polar surface area (TPSA) is 92.3 Å². The molecule has 1 aliphatic rings. The Morgan fingerprint density at radius 3 is 2.67 bits per heavy atom. The molecule has 3 amide bonds. The van der Waals surface area contributed by atoms with Gasteiger partial charge in [-0.05, 0) is 0 Å². The molecule has 1 aromatic rings. The van der Waals surface area contributed by atoms with Gasteiger partial charge in [0.2, 0.25) is 5.91 Å². The van der Waals surface area contributed by atoms with Crippen molar-refractivity contribution in [2.45, 2.75) is 32.2 Å². The molecule has 1 unspecified atom stereocenters. The molecule has 1 atom stereocenters. The largest absolute Gasteiger partial charge is 0.338 e. The molecule has 21 heavy (non-hydrogen) atoms. The maximum Gasteiger partial charge on any atom is 0.272 e. The Balaban J connectivity index is 2.19. The van der Waals surface area contributed by atoms with Crippen molar-refractivity contribution in [3.8, 4) is 0 Å². The lowest BCUT2D eigenvalue weighted by Crippen LogP contribution is -2.41. The average Bonchev–Trinajstić information content (AvgIpc) is 2.66. The molecule has 0 aromatic carbocycles. The number of carbonyl (C=O) groups excluding carboxylic acids is 3. The first kappa shape index (κ1) is 15.4. The zero-order valence-corrected chi connectivity index (χ0v) is 12.6. The fraction of sp³-hybridized carbons (Fsp3) is 0.462. The van der Waals surface area contributed by atoms with Crippen molar-refractivity contribution in [3.63, 3.8) is 0 Å². The molecule has 2 rings (SSSR count). The van der Waals surface area contributed by atoms with E-state index in [9.17, 15) is 14.4 Å². The smallest absolute Gasteiger partial charge is 0.272 e. The fourth-order valence-electron chi connectivity index (χ4n) is 1.91. The summed E-state index contributed by atoms with van der Waals surface area (Å²) in [4.78, 5) is 44.5. The van der Waals surface area contributed by atoms with Gasteiger partial charge in [0.05, 0.1) is 17.6 Å². The highest BCUT2D eigenvalue weighted by Gasteiger charge is 2.37. The van der Waals surface area contributed by atoms with Crippen LogP contribution in [0.5, 0.6) is 0 Å². The number of hydrogen-bond acceptors (Lipinski definition) is 5. The first-order chi connectivity index (χ1) is 9.81. The fourth-order valence-corrected chi connectivity index (χ4v) is 2.09. The van der Waals surface area contributed by atoms with Crippen molar-refractivity contribution in [2.24, 2.45) is 0 Å². The van der Waals surface area contributed by atoms with Crippen LogP contribution < -0.4 is 5.32 Å². The van der Waals surface area contributed by atoms with Gasteiger partial charge < -0.3 is 5.32 Å². The van der Waals surface area contributed by atoms with Crippen molar-refractivity contribution in [1.82, 2.24) is 20.2 Å². The number of rotatable bonds is 3. The molecule has 1 aromatic heterocycles. The van der Waals surface area contributed by atoms with E-state index in [2.05, 4.69) is 15.3 Å². The lowest BCUT2D eigenvalue weighted by Gasteiger charge is -2.12. The van der Waals surface area contributed by atoms with E-state index in [1.165, 1.54) is 13.2 Å². The second-order valence-corrected chi connectivity index (χ2v) is 5.51. The molecule has 8 heteroatoms. The van der Waals surface area contributed by atoms with Crippen LogP contribution in [0.4, 0.5) is 0 Å². The van der Waals surface area contributed by atoms with Gasteiger partial charge in [-0.25, -0.2) is 9.97 Å². The summed E-state index contributed by atoms with van der Waals surface area (Å²) in [5, 5.41) is 2.59. The number of halogens is 1. The summed E-state index contributed by atoms with van der Waals surface area (Å²) in [5.74, 6) is -0.847. The first-order valence-electron chi connectivity index (χ1n) is 6.45. The van der Waals surface area contributed by atoms with E-state index in [0.717, 1.165) is 4.90 Å². The van der Waals surface area contributed by atoms with E-state index in [-0.39, 0.29) is 29.0 Å². The van der Waals surface area contributed by atoms with Gasteiger partial charge in [0.25, 0.3) is 11.8 Å². The molecular formula is C13H15ClN4O3. The molecule has 0 spiro atoms. The van der Waals surface area contributed by atoms with Crippen LogP contribution in [-0.4, -0.2) is 45.7 Å². The van der Waals surface area contributed by atoms with E-state index >= 15 is 0 Å². The highest BCUT2D eigenvalue weighted by Crippen LogP contribution is 2.17. The van der Waals surface area contributed by atoms with E-state index in [0.29, 0.717) is 5.82 Å². The van der Waals surface area contributed by atoms with Gasteiger partial charge in [-0.2, -0.15) is 0 Å². The van der Waals surface area contributed by atoms with Crippen molar-refractivity contribution in [1.29, 1.82) is 0 Å². The molecule has 0 bridgehead atoms. The molecule has 1 saturated heterocycles. The summed E-state index contributed by atoms with van der Waals surface area (Å²) in [6.07, 6.45) is 1.30. The average molecular weight is 311 g/mol. The number of nitrogens with zero attached hydrogens (tertiary/aromatic N) is 3. The summed E-state index contributed by atoms with van der Waals surface area (Å²) in [6, 6.07) is -0.872. The van der Waals surface area contributed by atoms with Crippen LogP contribution in [0.2, 0.25) is 5.02 Å². The van der Waals surface area contributed by atoms with Crippen LogP contribution in [-0.2, 0) is 9.59 Å². The standard InChI is InChI=1S/C13H15ClN4O3/c1-6(2)11-15-5-7(14)10(17-11)12(20)16-8-4-9(19)18(3)13(8)21/h5-6,8H,4H2,1-3H3,(H,16,20). The number of aromatic nitrogens is 2. The van der Waals surface area contributed by atoms with Crippen molar-refractivity contribution in [2.75, 3.05) is 7.05 Å². The maximum atomic E-state index is 12.2. The predicted molar refractivity (Wildman–Crippen MR) is 74.8 cm³/mol. The first-order valence-corrected chi connectivity index (χ1v) is 6.82. The molecule has 0 aliphatic carbocycles. The number of nitrogens with one attached hydrogen (secondary N) is 1. The van der Waals surface area contributed by atoms with Gasteiger partial charge in [-0.1, -0.05) is 25.4 Å². The third kappa shape index (κ3) is 3.02. The summed E-state index contributed by atoms with van der Waals surface area (Å²) in [6.45, 7) is 3.78. The lowest BCUT2D eigenvalue weighted by atomic mass is 10.2. The van der Waals surface area contributed by atoms with Crippen LogP contribution in [0.15, 0.2) is 6.20 Å². The van der Waals surface area contributed by atoms with Crippen molar-refractivity contribution >= 4 is 29.3 Å². The molecule has 112 valence electrons. The maximum absolute atomic E-state index is 12.2. The third-order valence-corrected chi connectivity index (χ3v) is 3.46. The molecule has 0 radical (unpaired) electrons. The van der Waals surface area contributed by atoms with Crippen LogP contribution >= 0.6 is 11.6 Å². The highest BCUT2D eigenvalue weighted by atomic mass is 35.5. The molecule has 1 aliphatic heterocycles. The molecular weight excluding hydrogens is 296 g/mol. The Labute approximate surface area is 126 Å². The molecule has 1 N–H and O–H groups in total. The van der Waals surface area contributed by atoms with Gasteiger partial charge in [-0.15, -0.1) is 0 Å². The van der Waals surface area contributed by atoms with Gasteiger partial charge in [-0.3, -0.25) is 19.3 Å². The minimum Gasteiger partial charge on any atom is -0.338 e. The zero-order chi connectivity index (χ0) is 15.7. The molecule has 7 nitrogen and oxygen atoms in total. The summed E-state index contributed by atoms with van der Waals surface area (Å²) in [5.41, 5.74) is 0.00479. The van der Waals surface area contributed by atoms with E-state index in [1.54, 1.807) is 0 Å². The number of amides is 3. The van der Waals surface area contributed by atoms with E-state index in [4.69, 9.17) is 11.6 Å². The molecule has 1 fully saturated rings. The van der Waals surface area contributed by atoms with Crippen LogP contribution in [0, 0.1) is 0 Å². The molecule has 0 saturated carbocycles. The Morgan fingerprint density at radius 1 is 1.48 bits per heavy atom. The summed E-state index contributed by atoms with van der Waals surface area (Å²) >= 11 is 5.93.